The molecule has 0 saturated heterocycles. The van der Waals surface area contributed by atoms with Crippen molar-refractivity contribution >= 4 is 27.5 Å². The molecule has 0 aromatic heterocycles. The Kier molecular flexibility index (Phi) is 6.66. The first kappa shape index (κ1) is 21.4. The van der Waals surface area contributed by atoms with Crippen molar-refractivity contribution in [1.82, 2.24) is 4.90 Å². The van der Waals surface area contributed by atoms with Crippen molar-refractivity contribution in [3.05, 3.63) is 48.0 Å². The molecule has 5 nitrogen and oxygen atoms in total. The molecule has 2 aromatic rings. The van der Waals surface area contributed by atoms with Crippen LogP contribution in [0.15, 0.2) is 47.4 Å². The van der Waals surface area contributed by atoms with Crippen LogP contribution in [0.2, 0.25) is 0 Å². The van der Waals surface area contributed by atoms with Gasteiger partial charge in [-0.25, -0.2) is 0 Å². The molecule has 2 rings (SSSR count). The van der Waals surface area contributed by atoms with Crippen molar-refractivity contribution in [2.24, 2.45) is 0 Å². The SMILES string of the molecule is CSc1ccc(Oc2ccc(NS(=O)(=O)C(F)(F)F)cc2CN(C)C)cc1. The number of nitrogens with one attached hydrogen (secondary N) is 1. The summed E-state index contributed by atoms with van der Waals surface area (Å²) in [7, 11) is -1.92. The van der Waals surface area contributed by atoms with E-state index in [1.165, 1.54) is 18.2 Å². The molecule has 0 amide bonds. The van der Waals surface area contributed by atoms with Crippen LogP contribution in [0.25, 0.3) is 0 Å². The van der Waals surface area contributed by atoms with Gasteiger partial charge in [0.2, 0.25) is 0 Å². The maximum Gasteiger partial charge on any atom is 0.516 e. The molecule has 148 valence electrons. The number of sulfonamides is 1. The minimum absolute atomic E-state index is 0.186. The van der Waals surface area contributed by atoms with Crippen LogP contribution in [0.1, 0.15) is 5.56 Å². The van der Waals surface area contributed by atoms with E-state index in [9.17, 15) is 21.6 Å². The molecule has 0 atom stereocenters. The summed E-state index contributed by atoms with van der Waals surface area (Å²) in [4.78, 5) is 2.86. The molecule has 0 heterocycles. The first-order chi connectivity index (χ1) is 12.5. The van der Waals surface area contributed by atoms with Gasteiger partial charge in [0.15, 0.2) is 0 Å². The van der Waals surface area contributed by atoms with Crippen LogP contribution in [0.4, 0.5) is 18.9 Å². The van der Waals surface area contributed by atoms with Gasteiger partial charge >= 0.3 is 15.5 Å². The average molecular weight is 420 g/mol. The van der Waals surface area contributed by atoms with Crippen LogP contribution in [0.3, 0.4) is 0 Å². The predicted molar refractivity (Wildman–Crippen MR) is 101 cm³/mol. The Morgan fingerprint density at radius 3 is 2.26 bits per heavy atom. The molecule has 1 N–H and O–H groups in total. The van der Waals surface area contributed by atoms with Crippen LogP contribution >= 0.6 is 11.8 Å². The Morgan fingerprint density at radius 1 is 1.11 bits per heavy atom. The normalized spacial score (nSPS) is 12.3. The van der Waals surface area contributed by atoms with Crippen molar-refractivity contribution in [1.29, 1.82) is 0 Å². The third-order valence-corrected chi connectivity index (χ3v) is 5.25. The lowest BCUT2D eigenvalue weighted by Crippen LogP contribution is -2.30. The second kappa shape index (κ2) is 8.41. The molecular formula is C17H19F3N2O3S2. The Morgan fingerprint density at radius 2 is 1.74 bits per heavy atom. The molecule has 0 aliphatic rings. The van der Waals surface area contributed by atoms with Gasteiger partial charge in [0.1, 0.15) is 11.5 Å². The molecule has 0 aliphatic heterocycles. The fourth-order valence-corrected chi connectivity index (χ4v) is 3.15. The number of hydrogen-bond donors (Lipinski definition) is 1. The summed E-state index contributed by atoms with van der Waals surface area (Å²) in [6.07, 6.45) is 1.95. The van der Waals surface area contributed by atoms with Gasteiger partial charge in [-0.05, 0) is 62.8 Å². The molecule has 0 saturated carbocycles. The third-order valence-electron chi connectivity index (χ3n) is 3.39. The van der Waals surface area contributed by atoms with Crippen LogP contribution in [0, 0.1) is 0 Å². The van der Waals surface area contributed by atoms with Crippen molar-refractivity contribution in [3.8, 4) is 11.5 Å². The lowest BCUT2D eigenvalue weighted by Gasteiger charge is -2.17. The zero-order valence-electron chi connectivity index (χ0n) is 14.9. The summed E-state index contributed by atoms with van der Waals surface area (Å²) in [6.45, 7) is 0.347. The van der Waals surface area contributed by atoms with Crippen LogP contribution in [-0.4, -0.2) is 39.2 Å². The summed E-state index contributed by atoms with van der Waals surface area (Å²) in [5.74, 6) is 0.993. The van der Waals surface area contributed by atoms with Crippen LogP contribution in [-0.2, 0) is 16.6 Å². The number of halogens is 3. The van der Waals surface area contributed by atoms with Gasteiger partial charge in [-0.2, -0.15) is 21.6 Å². The zero-order chi connectivity index (χ0) is 20.2. The minimum Gasteiger partial charge on any atom is -0.457 e. The Balaban J connectivity index is 2.32. The molecule has 0 spiro atoms. The smallest absolute Gasteiger partial charge is 0.457 e. The molecule has 10 heteroatoms. The van der Waals surface area contributed by atoms with E-state index >= 15 is 0 Å². The van der Waals surface area contributed by atoms with Crippen molar-refractivity contribution in [2.75, 3.05) is 25.1 Å². The number of alkyl halides is 3. The fraction of sp³-hybridized carbons (Fsp3) is 0.294. The molecule has 0 bridgehead atoms. The summed E-state index contributed by atoms with van der Waals surface area (Å²) >= 11 is 1.59. The summed E-state index contributed by atoms with van der Waals surface area (Å²) in [6, 6.07) is 11.3. The standard InChI is InChI=1S/C17H19F3N2O3S2/c1-22(2)11-12-10-13(21-27(23,24)17(18,19)20)4-9-16(12)25-14-5-7-15(26-3)8-6-14/h4-10,21H,11H2,1-3H3. The Labute approximate surface area is 160 Å². The van der Waals surface area contributed by atoms with E-state index in [2.05, 4.69) is 0 Å². The summed E-state index contributed by atoms with van der Waals surface area (Å²) < 4.78 is 67.7. The van der Waals surface area contributed by atoms with Crippen molar-refractivity contribution in [3.63, 3.8) is 0 Å². The second-order valence-corrected chi connectivity index (χ2v) is 8.44. The van der Waals surface area contributed by atoms with E-state index in [0.29, 0.717) is 23.6 Å². The first-order valence-electron chi connectivity index (χ1n) is 7.70. The maximum atomic E-state index is 12.6. The third kappa shape index (κ3) is 5.78. The van der Waals surface area contributed by atoms with E-state index in [-0.39, 0.29) is 5.69 Å². The molecule has 0 unspecified atom stereocenters. The lowest BCUT2D eigenvalue weighted by atomic mass is 10.1. The van der Waals surface area contributed by atoms with E-state index in [4.69, 9.17) is 4.74 Å². The molecule has 2 aromatic carbocycles. The topological polar surface area (TPSA) is 58.6 Å². The zero-order valence-corrected chi connectivity index (χ0v) is 16.5. The van der Waals surface area contributed by atoms with Crippen molar-refractivity contribution < 1.29 is 26.3 Å². The van der Waals surface area contributed by atoms with Crippen LogP contribution in [0.5, 0.6) is 11.5 Å². The van der Waals surface area contributed by atoms with E-state index in [1.54, 1.807) is 47.6 Å². The summed E-state index contributed by atoms with van der Waals surface area (Å²) in [5, 5.41) is 0. The average Bonchev–Trinajstić information content (AvgIpc) is 2.56. The number of hydrogen-bond acceptors (Lipinski definition) is 5. The number of ether oxygens (including phenoxy) is 1. The highest BCUT2D eigenvalue weighted by Crippen LogP contribution is 2.32. The highest BCUT2D eigenvalue weighted by molar-refractivity contribution is 7.98. The van der Waals surface area contributed by atoms with E-state index in [0.717, 1.165) is 4.90 Å². The quantitative estimate of drug-likeness (QED) is 0.668. The van der Waals surface area contributed by atoms with Crippen molar-refractivity contribution in [2.45, 2.75) is 16.9 Å². The van der Waals surface area contributed by atoms with Gasteiger partial charge in [0, 0.05) is 22.7 Å². The molecular weight excluding hydrogens is 401 g/mol. The fourth-order valence-electron chi connectivity index (χ4n) is 2.19. The maximum absolute atomic E-state index is 12.6. The predicted octanol–water partition coefficient (Wildman–Crippen LogP) is 4.52. The Bertz CT molecular complexity index is 883. The van der Waals surface area contributed by atoms with E-state index in [1.807, 2.05) is 18.4 Å². The molecule has 0 fully saturated rings. The van der Waals surface area contributed by atoms with Gasteiger partial charge in [0.25, 0.3) is 0 Å². The molecule has 0 aliphatic carbocycles. The minimum atomic E-state index is -5.48. The molecule has 0 radical (unpaired) electrons. The number of nitrogens with zero attached hydrogens (tertiary/aromatic N) is 1. The van der Waals surface area contributed by atoms with Crippen LogP contribution < -0.4 is 9.46 Å². The van der Waals surface area contributed by atoms with Gasteiger partial charge < -0.3 is 9.64 Å². The van der Waals surface area contributed by atoms with Gasteiger partial charge in [-0.3, -0.25) is 4.72 Å². The van der Waals surface area contributed by atoms with E-state index < -0.39 is 15.5 Å². The lowest BCUT2D eigenvalue weighted by molar-refractivity contribution is -0.0429. The van der Waals surface area contributed by atoms with Gasteiger partial charge in [0.05, 0.1) is 0 Å². The second-order valence-electron chi connectivity index (χ2n) is 5.89. The number of thioether (sulfide) groups is 1. The molecule has 27 heavy (non-hydrogen) atoms. The number of benzene rings is 2. The monoisotopic (exact) mass is 420 g/mol. The number of rotatable bonds is 7. The van der Waals surface area contributed by atoms with Gasteiger partial charge in [-0.15, -0.1) is 11.8 Å². The number of anilines is 1. The highest BCUT2D eigenvalue weighted by atomic mass is 32.2. The largest absolute Gasteiger partial charge is 0.516 e. The van der Waals surface area contributed by atoms with Gasteiger partial charge in [-0.1, -0.05) is 0 Å². The summed E-state index contributed by atoms with van der Waals surface area (Å²) in [5.41, 5.74) is -5.03. The Hall–Kier alpha value is -1.91. The highest BCUT2D eigenvalue weighted by Gasteiger charge is 2.46. The first-order valence-corrected chi connectivity index (χ1v) is 10.4.